The fourth-order valence-electron chi connectivity index (χ4n) is 2.46. The summed E-state index contributed by atoms with van der Waals surface area (Å²) in [6, 6.07) is 9.11. The summed E-state index contributed by atoms with van der Waals surface area (Å²) in [5.41, 5.74) is 1.38. The van der Waals surface area contributed by atoms with Gasteiger partial charge in [-0.15, -0.1) is 0 Å². The van der Waals surface area contributed by atoms with Crippen LogP contribution in [0.2, 0.25) is 0 Å². The summed E-state index contributed by atoms with van der Waals surface area (Å²) in [7, 11) is 0. The highest BCUT2D eigenvalue weighted by Crippen LogP contribution is 2.33. The topological polar surface area (TPSA) is 39.9 Å². The van der Waals surface area contributed by atoms with Gasteiger partial charge in [0.1, 0.15) is 11.5 Å². The molecule has 0 saturated carbocycles. The highest BCUT2D eigenvalue weighted by Gasteiger charge is 2.13. The number of ether oxygens (including phenoxy) is 2. The Balaban J connectivity index is 2.34. The largest absolute Gasteiger partial charge is 0.466 e. The first-order chi connectivity index (χ1) is 12.5. The number of hydrogen-bond acceptors (Lipinski definition) is 3. The van der Waals surface area contributed by atoms with Gasteiger partial charge in [0.25, 0.3) is 6.43 Å². The van der Waals surface area contributed by atoms with Gasteiger partial charge < -0.3 is 9.47 Å². The summed E-state index contributed by atoms with van der Waals surface area (Å²) in [4.78, 5) is 14.9. The second-order valence-corrected chi connectivity index (χ2v) is 5.55. The molecule has 0 aliphatic carbocycles. The van der Waals surface area contributed by atoms with Crippen molar-refractivity contribution in [2.24, 2.45) is 0 Å². The quantitative estimate of drug-likeness (QED) is 0.475. The standard InChI is InChI=1S/C20H19F2NO3/c1-4-14-7-6-13(9-19(24)25-5-2)8-18(14)26-17-11-15(20(21)22)10-16(12-17)23-3/h6-8,10-12,20H,4-5,9H2,1-2H3. The van der Waals surface area contributed by atoms with E-state index in [1.807, 2.05) is 19.1 Å². The average molecular weight is 359 g/mol. The van der Waals surface area contributed by atoms with E-state index in [2.05, 4.69) is 4.85 Å². The molecule has 0 fully saturated rings. The number of benzene rings is 2. The Hall–Kier alpha value is -2.94. The Morgan fingerprint density at radius 2 is 1.96 bits per heavy atom. The van der Waals surface area contributed by atoms with Gasteiger partial charge in [0.15, 0.2) is 5.69 Å². The fourth-order valence-corrected chi connectivity index (χ4v) is 2.46. The van der Waals surface area contributed by atoms with Crippen LogP contribution in [0.15, 0.2) is 36.4 Å². The average Bonchev–Trinajstić information content (AvgIpc) is 2.61. The third-order valence-electron chi connectivity index (χ3n) is 3.69. The molecule has 0 atom stereocenters. The molecule has 0 N–H and O–H groups in total. The molecule has 136 valence electrons. The highest BCUT2D eigenvalue weighted by molar-refractivity contribution is 5.72. The van der Waals surface area contributed by atoms with Crippen LogP contribution in [-0.4, -0.2) is 12.6 Å². The maximum absolute atomic E-state index is 13.0. The lowest BCUT2D eigenvalue weighted by molar-refractivity contribution is -0.142. The number of aryl methyl sites for hydroxylation is 1. The predicted octanol–water partition coefficient (Wildman–Crippen LogP) is 5.64. The SMILES string of the molecule is [C-]#[N+]c1cc(Oc2cc(CC(=O)OCC)ccc2CC)cc(C(F)F)c1. The van der Waals surface area contributed by atoms with Crippen molar-refractivity contribution in [2.45, 2.75) is 33.1 Å². The molecule has 0 aromatic heterocycles. The first kappa shape index (κ1) is 19.4. The van der Waals surface area contributed by atoms with Crippen LogP contribution in [0.4, 0.5) is 14.5 Å². The van der Waals surface area contributed by atoms with E-state index in [9.17, 15) is 13.6 Å². The molecule has 0 saturated heterocycles. The number of alkyl halides is 2. The third-order valence-corrected chi connectivity index (χ3v) is 3.69. The molecular weight excluding hydrogens is 340 g/mol. The number of nitrogens with zero attached hydrogens (tertiary/aromatic N) is 1. The van der Waals surface area contributed by atoms with E-state index in [0.717, 1.165) is 11.6 Å². The van der Waals surface area contributed by atoms with Crippen molar-refractivity contribution in [2.75, 3.05) is 6.61 Å². The molecule has 0 radical (unpaired) electrons. The molecule has 0 amide bonds. The van der Waals surface area contributed by atoms with Gasteiger partial charge in [-0.1, -0.05) is 19.1 Å². The summed E-state index contributed by atoms with van der Waals surface area (Å²) in [6.45, 7) is 11.0. The molecule has 0 bridgehead atoms. The fraction of sp³-hybridized carbons (Fsp3) is 0.300. The van der Waals surface area contributed by atoms with E-state index >= 15 is 0 Å². The lowest BCUT2D eigenvalue weighted by Crippen LogP contribution is -2.07. The molecule has 6 heteroatoms. The summed E-state index contributed by atoms with van der Waals surface area (Å²) in [5.74, 6) is 0.283. The van der Waals surface area contributed by atoms with Gasteiger partial charge in [-0.2, -0.15) is 0 Å². The van der Waals surface area contributed by atoms with Gasteiger partial charge in [-0.25, -0.2) is 13.6 Å². The van der Waals surface area contributed by atoms with Crippen LogP contribution < -0.4 is 4.74 Å². The van der Waals surface area contributed by atoms with E-state index in [4.69, 9.17) is 16.0 Å². The molecule has 0 spiro atoms. The molecule has 0 heterocycles. The maximum Gasteiger partial charge on any atom is 0.310 e. The zero-order valence-corrected chi connectivity index (χ0v) is 14.6. The number of rotatable bonds is 7. The minimum Gasteiger partial charge on any atom is -0.466 e. The monoisotopic (exact) mass is 359 g/mol. The van der Waals surface area contributed by atoms with Gasteiger partial charge in [0.05, 0.1) is 19.6 Å². The van der Waals surface area contributed by atoms with Crippen LogP contribution >= 0.6 is 0 Å². The van der Waals surface area contributed by atoms with Gasteiger partial charge in [-0.05, 0) is 48.7 Å². The third kappa shape index (κ3) is 5.03. The highest BCUT2D eigenvalue weighted by atomic mass is 19.3. The summed E-state index contributed by atoms with van der Waals surface area (Å²) in [5, 5.41) is 0. The van der Waals surface area contributed by atoms with Crippen molar-refractivity contribution in [1.82, 2.24) is 0 Å². The van der Waals surface area contributed by atoms with Crippen molar-refractivity contribution >= 4 is 11.7 Å². The normalized spacial score (nSPS) is 10.5. The predicted molar refractivity (Wildman–Crippen MR) is 93.9 cm³/mol. The Bertz CT molecular complexity index is 828. The van der Waals surface area contributed by atoms with Gasteiger partial charge in [0, 0.05) is 5.56 Å². The Kier molecular flexibility index (Phi) is 6.67. The second kappa shape index (κ2) is 8.95. The molecule has 4 nitrogen and oxygen atoms in total. The van der Waals surface area contributed by atoms with Crippen molar-refractivity contribution in [3.63, 3.8) is 0 Å². The molecule has 0 aliphatic heterocycles. The van der Waals surface area contributed by atoms with Gasteiger partial charge >= 0.3 is 5.97 Å². The van der Waals surface area contributed by atoms with E-state index in [1.165, 1.54) is 12.1 Å². The number of carbonyl (C=O) groups excluding carboxylic acids is 1. The minimum absolute atomic E-state index is 0.0820. The van der Waals surface area contributed by atoms with Crippen molar-refractivity contribution in [3.05, 3.63) is 64.5 Å². The molecule has 0 aliphatic rings. The first-order valence-corrected chi connectivity index (χ1v) is 8.22. The Morgan fingerprint density at radius 1 is 1.19 bits per heavy atom. The number of halogens is 2. The molecule has 26 heavy (non-hydrogen) atoms. The summed E-state index contributed by atoms with van der Waals surface area (Å²) < 4.78 is 36.8. The van der Waals surface area contributed by atoms with Crippen molar-refractivity contribution in [3.8, 4) is 11.5 Å². The van der Waals surface area contributed by atoms with E-state index in [0.29, 0.717) is 24.3 Å². The van der Waals surface area contributed by atoms with E-state index in [-0.39, 0.29) is 29.4 Å². The maximum atomic E-state index is 13.0. The van der Waals surface area contributed by atoms with E-state index < -0.39 is 6.43 Å². The first-order valence-electron chi connectivity index (χ1n) is 8.22. The van der Waals surface area contributed by atoms with Crippen LogP contribution in [0.3, 0.4) is 0 Å². The summed E-state index contributed by atoms with van der Waals surface area (Å²) in [6.07, 6.45) is -1.93. The summed E-state index contributed by atoms with van der Waals surface area (Å²) >= 11 is 0. The van der Waals surface area contributed by atoms with Crippen molar-refractivity contribution < 1.29 is 23.0 Å². The van der Waals surface area contributed by atoms with Crippen LogP contribution in [0, 0.1) is 6.57 Å². The van der Waals surface area contributed by atoms with Gasteiger partial charge in [0.2, 0.25) is 0 Å². The zero-order valence-electron chi connectivity index (χ0n) is 14.6. The Morgan fingerprint density at radius 3 is 2.58 bits per heavy atom. The number of carbonyl (C=O) groups is 1. The van der Waals surface area contributed by atoms with Crippen LogP contribution in [0.5, 0.6) is 11.5 Å². The Labute approximate surface area is 151 Å². The van der Waals surface area contributed by atoms with Crippen LogP contribution in [-0.2, 0) is 22.4 Å². The number of hydrogen-bond donors (Lipinski definition) is 0. The van der Waals surface area contributed by atoms with Crippen LogP contribution in [0.25, 0.3) is 4.85 Å². The zero-order chi connectivity index (χ0) is 19.1. The van der Waals surface area contributed by atoms with Crippen molar-refractivity contribution in [1.29, 1.82) is 0 Å². The molecule has 2 rings (SSSR count). The molecule has 0 unspecified atom stereocenters. The van der Waals surface area contributed by atoms with Gasteiger partial charge in [-0.3, -0.25) is 4.79 Å². The molecular formula is C20H19F2NO3. The van der Waals surface area contributed by atoms with Crippen LogP contribution in [0.1, 0.15) is 37.0 Å². The smallest absolute Gasteiger partial charge is 0.310 e. The molecule has 2 aromatic carbocycles. The molecule has 2 aromatic rings. The minimum atomic E-state index is -2.69. The second-order valence-electron chi connectivity index (χ2n) is 5.55. The lowest BCUT2D eigenvalue weighted by Gasteiger charge is -2.13. The van der Waals surface area contributed by atoms with E-state index in [1.54, 1.807) is 13.0 Å². The number of esters is 1. The lowest BCUT2D eigenvalue weighted by atomic mass is 10.1.